The first-order valence-corrected chi connectivity index (χ1v) is 4.40. The Balaban J connectivity index is 5.83. The van der Waals surface area contributed by atoms with Gasteiger partial charge in [0.2, 0.25) is 0 Å². The van der Waals surface area contributed by atoms with Crippen molar-refractivity contribution in [3.8, 4) is 11.8 Å². The van der Waals surface area contributed by atoms with E-state index in [-0.39, 0.29) is 0 Å². The van der Waals surface area contributed by atoms with Crippen LogP contribution in [0.4, 0.5) is 61.5 Å². The van der Waals surface area contributed by atoms with Crippen LogP contribution in [0, 0.1) is 11.8 Å². The molecular formula is C8F14. The maximum absolute atomic E-state index is 12.4. The highest BCUT2D eigenvalue weighted by Gasteiger charge is 2.75. The molecule has 0 spiro atoms. The fraction of sp³-hybridized carbons (Fsp3) is 0.750. The quantitative estimate of drug-likeness (QED) is 0.495. The molecule has 0 saturated carbocycles. The number of alkyl halides is 14. The predicted octanol–water partition coefficient (Wildman–Crippen LogP) is 4.66. The van der Waals surface area contributed by atoms with Crippen molar-refractivity contribution in [1.82, 2.24) is 0 Å². The van der Waals surface area contributed by atoms with Gasteiger partial charge >= 0.3 is 36.0 Å². The van der Waals surface area contributed by atoms with Crippen LogP contribution in [0.2, 0.25) is 0 Å². The average Bonchev–Trinajstić information content (AvgIpc) is 2.23. The smallest absolute Gasteiger partial charge is 0.188 e. The molecule has 0 aromatic rings. The summed E-state index contributed by atoms with van der Waals surface area (Å²) in [6, 6.07) is 0. The van der Waals surface area contributed by atoms with Gasteiger partial charge in [-0.15, -0.1) is 0 Å². The van der Waals surface area contributed by atoms with Crippen molar-refractivity contribution in [3.63, 3.8) is 0 Å². The Morgan fingerprint density at radius 1 is 0.364 bits per heavy atom. The standard InChI is InChI=1S/C8F14/c9-3(10,5(13,14)7(17,18)19)1-2-4(11,12)6(15,16)8(20,21)22. The van der Waals surface area contributed by atoms with E-state index in [1.54, 1.807) is 0 Å². The van der Waals surface area contributed by atoms with Crippen LogP contribution in [0.25, 0.3) is 0 Å². The van der Waals surface area contributed by atoms with Gasteiger partial charge in [-0.05, 0) is 11.8 Å². The van der Waals surface area contributed by atoms with Crippen molar-refractivity contribution < 1.29 is 61.5 Å². The Kier molecular flexibility index (Phi) is 4.73. The van der Waals surface area contributed by atoms with Gasteiger partial charge < -0.3 is 0 Å². The van der Waals surface area contributed by atoms with Crippen molar-refractivity contribution in [2.24, 2.45) is 0 Å². The fourth-order valence-corrected chi connectivity index (χ4v) is 0.670. The topological polar surface area (TPSA) is 0 Å². The molecule has 0 aromatic carbocycles. The first-order valence-electron chi connectivity index (χ1n) is 4.40. The van der Waals surface area contributed by atoms with Crippen LogP contribution in [0.15, 0.2) is 0 Å². The van der Waals surface area contributed by atoms with Gasteiger partial charge in [0.25, 0.3) is 0 Å². The molecule has 22 heavy (non-hydrogen) atoms. The first-order chi connectivity index (χ1) is 9.21. The Hall–Kier alpha value is -1.42. The van der Waals surface area contributed by atoms with E-state index in [9.17, 15) is 61.5 Å². The second kappa shape index (κ2) is 5.05. The van der Waals surface area contributed by atoms with Crippen LogP contribution < -0.4 is 0 Å². The molecule has 0 aliphatic rings. The summed E-state index contributed by atoms with van der Waals surface area (Å²) in [5.41, 5.74) is 0. The van der Waals surface area contributed by atoms with Crippen molar-refractivity contribution >= 4 is 0 Å². The first kappa shape index (κ1) is 20.6. The molecule has 0 aromatic heterocycles. The molecule has 0 bridgehead atoms. The minimum Gasteiger partial charge on any atom is -0.188 e. The Morgan fingerprint density at radius 2 is 0.545 bits per heavy atom. The lowest BCUT2D eigenvalue weighted by Crippen LogP contribution is -2.53. The molecule has 0 atom stereocenters. The molecule has 0 amide bonds. The summed E-state index contributed by atoms with van der Waals surface area (Å²) >= 11 is 0. The summed E-state index contributed by atoms with van der Waals surface area (Å²) in [4.78, 5) is 0. The number of halogens is 14. The zero-order chi connectivity index (χ0) is 18.4. The molecule has 14 heteroatoms. The van der Waals surface area contributed by atoms with E-state index >= 15 is 0 Å². The second-order valence-electron chi connectivity index (χ2n) is 3.54. The zero-order valence-electron chi connectivity index (χ0n) is 9.29. The number of hydrogen-bond acceptors (Lipinski definition) is 0. The molecule has 0 unspecified atom stereocenters. The monoisotopic (exact) mass is 362 g/mol. The van der Waals surface area contributed by atoms with E-state index in [1.807, 2.05) is 0 Å². The van der Waals surface area contributed by atoms with Gasteiger partial charge in [0.15, 0.2) is 0 Å². The number of rotatable bonds is 2. The highest BCUT2D eigenvalue weighted by atomic mass is 19.4. The van der Waals surface area contributed by atoms with Crippen LogP contribution in [0.3, 0.4) is 0 Å². The van der Waals surface area contributed by atoms with Crippen LogP contribution in [0.1, 0.15) is 0 Å². The van der Waals surface area contributed by atoms with Crippen LogP contribution in [-0.2, 0) is 0 Å². The SMILES string of the molecule is FC(F)(F)C(F)(F)C(F)(F)C#CC(F)(F)C(F)(F)C(F)(F)F. The molecule has 0 saturated heterocycles. The molecule has 130 valence electrons. The molecule has 0 radical (unpaired) electrons. The highest BCUT2D eigenvalue weighted by molar-refractivity contribution is 5.23. The number of hydrogen-bond donors (Lipinski definition) is 0. The van der Waals surface area contributed by atoms with E-state index < -0.39 is 47.9 Å². The summed E-state index contributed by atoms with van der Waals surface area (Å²) in [6.07, 6.45) is -14.0. The third-order valence-corrected chi connectivity index (χ3v) is 1.88. The molecule has 0 N–H and O–H groups in total. The van der Waals surface area contributed by atoms with Crippen molar-refractivity contribution in [2.75, 3.05) is 0 Å². The second-order valence-corrected chi connectivity index (χ2v) is 3.54. The van der Waals surface area contributed by atoms with E-state index in [0.29, 0.717) is 0 Å². The van der Waals surface area contributed by atoms with Crippen LogP contribution >= 0.6 is 0 Å². The van der Waals surface area contributed by atoms with Crippen LogP contribution in [-0.4, -0.2) is 36.0 Å². The Labute approximate surface area is 111 Å². The van der Waals surface area contributed by atoms with E-state index in [0.717, 1.165) is 0 Å². The lowest BCUT2D eigenvalue weighted by molar-refractivity contribution is -0.342. The Morgan fingerprint density at radius 3 is 0.682 bits per heavy atom. The Bertz CT molecular complexity index is 424. The maximum Gasteiger partial charge on any atom is 0.461 e. The van der Waals surface area contributed by atoms with Gasteiger partial charge in [-0.1, -0.05) is 0 Å². The summed E-state index contributed by atoms with van der Waals surface area (Å²) in [6.45, 7) is 0. The summed E-state index contributed by atoms with van der Waals surface area (Å²) in [5.74, 6) is -29.2. The van der Waals surface area contributed by atoms with Gasteiger partial charge in [-0.25, -0.2) is 0 Å². The predicted molar refractivity (Wildman–Crippen MR) is 39.7 cm³/mol. The van der Waals surface area contributed by atoms with Crippen molar-refractivity contribution in [2.45, 2.75) is 36.0 Å². The minimum atomic E-state index is -7.06. The third-order valence-electron chi connectivity index (χ3n) is 1.88. The maximum atomic E-state index is 12.4. The zero-order valence-corrected chi connectivity index (χ0v) is 9.29. The lowest BCUT2D eigenvalue weighted by atomic mass is 10.1. The average molecular weight is 362 g/mol. The molecule has 0 aliphatic carbocycles. The minimum absolute atomic E-state index is 0.859. The van der Waals surface area contributed by atoms with Gasteiger partial charge in [-0.3, -0.25) is 0 Å². The molecular weight excluding hydrogens is 362 g/mol. The van der Waals surface area contributed by atoms with Crippen molar-refractivity contribution in [1.29, 1.82) is 0 Å². The molecule has 0 aliphatic heterocycles. The van der Waals surface area contributed by atoms with Gasteiger partial charge in [0.1, 0.15) is 0 Å². The fourth-order valence-electron chi connectivity index (χ4n) is 0.670. The lowest BCUT2D eigenvalue weighted by Gasteiger charge is -2.26. The van der Waals surface area contributed by atoms with E-state index in [2.05, 4.69) is 0 Å². The molecule has 0 nitrogen and oxygen atoms in total. The summed E-state index contributed by atoms with van der Waals surface area (Å²) in [7, 11) is 0. The third kappa shape index (κ3) is 3.32. The molecule has 0 heterocycles. The largest absolute Gasteiger partial charge is 0.461 e. The van der Waals surface area contributed by atoms with E-state index in [4.69, 9.17) is 0 Å². The molecule has 0 rings (SSSR count). The van der Waals surface area contributed by atoms with Crippen LogP contribution in [0.5, 0.6) is 0 Å². The highest BCUT2D eigenvalue weighted by Crippen LogP contribution is 2.48. The summed E-state index contributed by atoms with van der Waals surface area (Å²) < 4.78 is 168. The van der Waals surface area contributed by atoms with Gasteiger partial charge in [0, 0.05) is 0 Å². The normalized spacial score (nSPS) is 15.4. The van der Waals surface area contributed by atoms with Gasteiger partial charge in [0.05, 0.1) is 0 Å². The summed E-state index contributed by atoms with van der Waals surface area (Å²) in [5, 5.41) is 0. The molecule has 0 fully saturated rings. The van der Waals surface area contributed by atoms with Crippen molar-refractivity contribution in [3.05, 3.63) is 0 Å². The van der Waals surface area contributed by atoms with Gasteiger partial charge in [-0.2, -0.15) is 61.5 Å². The van der Waals surface area contributed by atoms with E-state index in [1.165, 1.54) is 0 Å².